The molecular formula is C10H18N2O3. The molecule has 0 aliphatic carbocycles. The van der Waals surface area contributed by atoms with E-state index in [9.17, 15) is 9.59 Å². The number of nitrogens with one attached hydrogen (secondary N) is 1. The van der Waals surface area contributed by atoms with E-state index >= 15 is 0 Å². The Balaban J connectivity index is 4.17. The normalized spacial score (nSPS) is 13.8. The number of carboxylic acids is 1. The Labute approximate surface area is 89.8 Å². The Morgan fingerprint density at radius 3 is 2.47 bits per heavy atom. The number of hydrogen-bond donors (Lipinski definition) is 2. The lowest BCUT2D eigenvalue weighted by atomic mass is 10.0. The topological polar surface area (TPSA) is 69.6 Å². The molecule has 2 unspecified atom stereocenters. The first-order valence-electron chi connectivity index (χ1n) is 4.75. The number of carboxylic acid groups (broad SMARTS) is 1. The highest BCUT2D eigenvalue weighted by Crippen LogP contribution is 2.02. The minimum absolute atomic E-state index is 0.296. The van der Waals surface area contributed by atoms with Gasteiger partial charge in [0.15, 0.2) is 0 Å². The maximum absolute atomic E-state index is 11.4. The number of likely N-dealkylation sites (N-methyl/N-ethyl adjacent to an activating group) is 1. The SMILES string of the molecule is C=CCN(C)C(=O)NC(C)C(C)C(=O)O. The summed E-state index contributed by atoms with van der Waals surface area (Å²) in [6, 6.07) is -0.697. The quantitative estimate of drug-likeness (QED) is 0.669. The van der Waals surface area contributed by atoms with Crippen LogP contribution in [0.3, 0.4) is 0 Å². The highest BCUT2D eigenvalue weighted by molar-refractivity contribution is 5.76. The van der Waals surface area contributed by atoms with Gasteiger partial charge in [0.1, 0.15) is 0 Å². The highest BCUT2D eigenvalue weighted by Gasteiger charge is 2.21. The lowest BCUT2D eigenvalue weighted by molar-refractivity contribution is -0.141. The van der Waals surface area contributed by atoms with E-state index in [2.05, 4.69) is 11.9 Å². The van der Waals surface area contributed by atoms with Crippen LogP contribution in [0.15, 0.2) is 12.7 Å². The molecule has 0 heterocycles. The molecule has 2 amide bonds. The maximum atomic E-state index is 11.4. The van der Waals surface area contributed by atoms with Gasteiger partial charge in [-0.1, -0.05) is 6.08 Å². The van der Waals surface area contributed by atoms with Crippen molar-refractivity contribution in [1.29, 1.82) is 0 Å². The zero-order chi connectivity index (χ0) is 12.0. The average Bonchev–Trinajstić information content (AvgIpc) is 2.16. The fraction of sp³-hybridized carbons (Fsp3) is 0.600. The van der Waals surface area contributed by atoms with Crippen LogP contribution in [0.25, 0.3) is 0 Å². The smallest absolute Gasteiger partial charge is 0.317 e. The summed E-state index contributed by atoms with van der Waals surface area (Å²) in [5.74, 6) is -1.53. The molecule has 0 aromatic heterocycles. The molecule has 0 rings (SSSR count). The molecular weight excluding hydrogens is 196 g/mol. The first kappa shape index (κ1) is 13.5. The Hall–Kier alpha value is -1.52. The number of rotatable bonds is 5. The van der Waals surface area contributed by atoms with E-state index in [-0.39, 0.29) is 6.03 Å². The van der Waals surface area contributed by atoms with E-state index in [0.29, 0.717) is 6.54 Å². The zero-order valence-electron chi connectivity index (χ0n) is 9.36. The van der Waals surface area contributed by atoms with Gasteiger partial charge in [-0.3, -0.25) is 4.79 Å². The van der Waals surface area contributed by atoms with Crippen molar-refractivity contribution >= 4 is 12.0 Å². The van der Waals surface area contributed by atoms with Crippen LogP contribution in [0.2, 0.25) is 0 Å². The molecule has 0 bridgehead atoms. The molecule has 0 aromatic carbocycles. The van der Waals surface area contributed by atoms with E-state index in [0.717, 1.165) is 0 Å². The molecule has 0 aliphatic rings. The van der Waals surface area contributed by atoms with Gasteiger partial charge in [0.2, 0.25) is 0 Å². The summed E-state index contributed by atoms with van der Waals surface area (Å²) in [4.78, 5) is 23.5. The number of carbonyl (C=O) groups is 2. The standard InChI is InChI=1S/C10H18N2O3/c1-5-6-12(4)10(15)11-8(3)7(2)9(13)14/h5,7-8H,1,6H2,2-4H3,(H,11,15)(H,13,14). The monoisotopic (exact) mass is 214 g/mol. The van der Waals surface area contributed by atoms with Crippen molar-refractivity contribution in [3.05, 3.63) is 12.7 Å². The lowest BCUT2D eigenvalue weighted by Gasteiger charge is -2.22. The van der Waals surface area contributed by atoms with Crippen LogP contribution >= 0.6 is 0 Å². The molecule has 86 valence electrons. The summed E-state index contributed by atoms with van der Waals surface area (Å²) in [5.41, 5.74) is 0. The molecule has 0 fully saturated rings. The fourth-order valence-electron chi connectivity index (χ4n) is 0.920. The predicted molar refractivity (Wildman–Crippen MR) is 57.6 cm³/mol. The number of nitrogens with zero attached hydrogens (tertiary/aromatic N) is 1. The van der Waals surface area contributed by atoms with Crippen molar-refractivity contribution in [2.24, 2.45) is 5.92 Å². The molecule has 0 spiro atoms. The minimum Gasteiger partial charge on any atom is -0.481 e. The van der Waals surface area contributed by atoms with Crippen LogP contribution in [0.5, 0.6) is 0 Å². The van der Waals surface area contributed by atoms with Gasteiger partial charge < -0.3 is 15.3 Å². The van der Waals surface area contributed by atoms with E-state index in [4.69, 9.17) is 5.11 Å². The minimum atomic E-state index is -0.922. The third kappa shape index (κ3) is 4.49. The van der Waals surface area contributed by atoms with Crippen molar-refractivity contribution in [2.45, 2.75) is 19.9 Å². The van der Waals surface area contributed by atoms with Crippen LogP contribution in [-0.4, -0.2) is 41.6 Å². The van der Waals surface area contributed by atoms with E-state index in [1.54, 1.807) is 27.0 Å². The second-order valence-corrected chi connectivity index (χ2v) is 3.53. The summed E-state index contributed by atoms with van der Waals surface area (Å²) in [6.07, 6.45) is 1.60. The number of carbonyl (C=O) groups excluding carboxylic acids is 1. The second-order valence-electron chi connectivity index (χ2n) is 3.53. The van der Waals surface area contributed by atoms with Gasteiger partial charge in [0, 0.05) is 19.6 Å². The molecule has 5 nitrogen and oxygen atoms in total. The van der Waals surface area contributed by atoms with Crippen LogP contribution in [0, 0.1) is 5.92 Å². The molecule has 0 radical (unpaired) electrons. The summed E-state index contributed by atoms with van der Waals surface area (Å²) in [7, 11) is 1.62. The number of hydrogen-bond acceptors (Lipinski definition) is 2. The van der Waals surface area contributed by atoms with Gasteiger partial charge >= 0.3 is 12.0 Å². The van der Waals surface area contributed by atoms with Gasteiger partial charge in [-0.15, -0.1) is 6.58 Å². The van der Waals surface area contributed by atoms with Crippen LogP contribution in [-0.2, 0) is 4.79 Å². The molecule has 0 aliphatic heterocycles. The number of amides is 2. The van der Waals surface area contributed by atoms with Gasteiger partial charge in [0.25, 0.3) is 0 Å². The van der Waals surface area contributed by atoms with Crippen molar-refractivity contribution in [2.75, 3.05) is 13.6 Å². The number of urea groups is 1. The molecule has 2 N–H and O–H groups in total. The zero-order valence-corrected chi connectivity index (χ0v) is 9.36. The summed E-state index contributed by atoms with van der Waals surface area (Å²) < 4.78 is 0. The molecule has 2 atom stereocenters. The van der Waals surface area contributed by atoms with Crippen LogP contribution in [0.1, 0.15) is 13.8 Å². The Bertz CT molecular complexity index is 253. The lowest BCUT2D eigenvalue weighted by Crippen LogP contribution is -2.45. The Morgan fingerprint density at radius 1 is 1.53 bits per heavy atom. The van der Waals surface area contributed by atoms with E-state index < -0.39 is 17.9 Å². The molecule has 0 saturated carbocycles. The van der Waals surface area contributed by atoms with Crippen molar-refractivity contribution < 1.29 is 14.7 Å². The Kier molecular flexibility index (Phi) is 5.44. The van der Waals surface area contributed by atoms with Gasteiger partial charge in [-0.25, -0.2) is 4.79 Å². The van der Waals surface area contributed by atoms with Crippen molar-refractivity contribution in [3.63, 3.8) is 0 Å². The third-order valence-electron chi connectivity index (χ3n) is 2.24. The predicted octanol–water partition coefficient (Wildman–Crippen LogP) is 0.923. The van der Waals surface area contributed by atoms with Gasteiger partial charge in [0.05, 0.1) is 5.92 Å². The second kappa shape index (κ2) is 6.06. The van der Waals surface area contributed by atoms with Crippen molar-refractivity contribution in [3.8, 4) is 0 Å². The molecule has 5 heteroatoms. The summed E-state index contributed by atoms with van der Waals surface area (Å²) >= 11 is 0. The van der Waals surface area contributed by atoms with E-state index in [1.807, 2.05) is 0 Å². The van der Waals surface area contributed by atoms with Crippen LogP contribution < -0.4 is 5.32 Å². The average molecular weight is 214 g/mol. The molecule has 0 saturated heterocycles. The summed E-state index contributed by atoms with van der Waals surface area (Å²) in [6.45, 7) is 7.16. The number of aliphatic carboxylic acids is 1. The van der Waals surface area contributed by atoms with Gasteiger partial charge in [-0.05, 0) is 13.8 Å². The fourth-order valence-corrected chi connectivity index (χ4v) is 0.920. The third-order valence-corrected chi connectivity index (χ3v) is 2.24. The van der Waals surface area contributed by atoms with Gasteiger partial charge in [-0.2, -0.15) is 0 Å². The molecule has 15 heavy (non-hydrogen) atoms. The van der Waals surface area contributed by atoms with E-state index in [1.165, 1.54) is 4.90 Å². The maximum Gasteiger partial charge on any atom is 0.317 e. The van der Waals surface area contributed by atoms with Crippen molar-refractivity contribution in [1.82, 2.24) is 10.2 Å². The first-order chi connectivity index (χ1) is 6.90. The highest BCUT2D eigenvalue weighted by atomic mass is 16.4. The van der Waals surface area contributed by atoms with Crippen LogP contribution in [0.4, 0.5) is 4.79 Å². The first-order valence-corrected chi connectivity index (χ1v) is 4.75. The Morgan fingerprint density at radius 2 is 2.07 bits per heavy atom. The summed E-state index contributed by atoms with van der Waals surface area (Å²) in [5, 5.41) is 11.3. The largest absolute Gasteiger partial charge is 0.481 e. The molecule has 0 aromatic rings.